The number of nitrogens with zero attached hydrogens (tertiary/aromatic N) is 4. The van der Waals surface area contributed by atoms with Crippen LogP contribution in [0.4, 0.5) is 11.6 Å². The molecule has 0 fully saturated rings. The maximum Gasteiger partial charge on any atom is 0.169 e. The van der Waals surface area contributed by atoms with Gasteiger partial charge in [-0.3, -0.25) is 9.97 Å². The Morgan fingerprint density at radius 3 is 2.36 bits per heavy atom. The topological polar surface area (TPSA) is 131 Å². The minimum atomic E-state index is 0.291. The van der Waals surface area contributed by atoms with Crippen LogP contribution < -0.4 is 25.7 Å². The zero-order valence-corrected chi connectivity index (χ0v) is 17.9. The number of pyridine rings is 4. The number of fused-ring (bicyclic) bond motifs is 3. The lowest BCUT2D eigenvalue weighted by Gasteiger charge is -2.12. The molecule has 0 spiro atoms. The maximum absolute atomic E-state index is 6.31. The van der Waals surface area contributed by atoms with Gasteiger partial charge in [0, 0.05) is 41.0 Å². The van der Waals surface area contributed by atoms with Crippen LogP contribution in [0.5, 0.6) is 23.0 Å². The molecule has 0 radical (unpaired) electrons. The first-order valence-electron chi connectivity index (χ1n) is 10.0. The molecule has 0 saturated carbocycles. The highest BCUT2D eigenvalue weighted by molar-refractivity contribution is 6.10. The van der Waals surface area contributed by atoms with E-state index in [4.69, 9.17) is 25.7 Å². The Kier molecular flexibility index (Phi) is 4.98. The van der Waals surface area contributed by atoms with Crippen molar-refractivity contribution in [1.29, 1.82) is 0 Å². The SMILES string of the molecule is COc1cc2ncc3c(N)nc(-c4cncc(Oc5cccnc5N)c4)cc3c2cc1OC. The summed E-state index contributed by atoms with van der Waals surface area (Å²) in [5.41, 5.74) is 14.3. The number of anilines is 2. The standard InChI is InChI=1S/C24H20N6O3/c1-31-21-8-16-15-7-18(30-23(25)17(15)12-29-19(16)9-22(21)32-2)13-6-14(11-27-10-13)33-20-4-3-5-28-24(20)26/h3-12H,1-2H3,(H2,25,30)(H2,26,28). The molecule has 0 aliphatic rings. The van der Waals surface area contributed by atoms with E-state index in [0.717, 1.165) is 27.2 Å². The van der Waals surface area contributed by atoms with Crippen LogP contribution in [0.15, 0.2) is 61.2 Å². The minimum Gasteiger partial charge on any atom is -0.493 e. The number of hydrogen-bond donors (Lipinski definition) is 2. The molecular formula is C24H20N6O3. The molecule has 0 aliphatic heterocycles. The van der Waals surface area contributed by atoms with Gasteiger partial charge in [-0.1, -0.05) is 0 Å². The molecule has 4 aromatic heterocycles. The van der Waals surface area contributed by atoms with Gasteiger partial charge in [0.15, 0.2) is 23.1 Å². The Bertz CT molecular complexity index is 1510. The van der Waals surface area contributed by atoms with Gasteiger partial charge in [0.25, 0.3) is 0 Å². The fourth-order valence-electron chi connectivity index (χ4n) is 3.64. The van der Waals surface area contributed by atoms with E-state index in [1.165, 1.54) is 0 Å². The van der Waals surface area contributed by atoms with Gasteiger partial charge in [0.2, 0.25) is 0 Å². The Labute approximate surface area is 189 Å². The number of benzene rings is 1. The summed E-state index contributed by atoms with van der Waals surface area (Å²) in [4.78, 5) is 17.4. The van der Waals surface area contributed by atoms with Crippen molar-refractivity contribution in [3.63, 3.8) is 0 Å². The molecule has 9 heteroatoms. The molecule has 0 bridgehead atoms. The average Bonchev–Trinajstić information content (AvgIpc) is 2.84. The van der Waals surface area contributed by atoms with Crippen molar-refractivity contribution < 1.29 is 14.2 Å². The van der Waals surface area contributed by atoms with Gasteiger partial charge in [-0.05, 0) is 35.7 Å². The summed E-state index contributed by atoms with van der Waals surface area (Å²) in [6.45, 7) is 0. The molecule has 0 saturated heterocycles. The van der Waals surface area contributed by atoms with E-state index < -0.39 is 0 Å². The van der Waals surface area contributed by atoms with Gasteiger partial charge in [0.05, 0.1) is 31.6 Å². The van der Waals surface area contributed by atoms with Crippen molar-refractivity contribution in [2.24, 2.45) is 0 Å². The molecule has 9 nitrogen and oxygen atoms in total. The minimum absolute atomic E-state index is 0.291. The lowest BCUT2D eigenvalue weighted by atomic mass is 10.0. The van der Waals surface area contributed by atoms with Crippen LogP contribution in [0, 0.1) is 0 Å². The Morgan fingerprint density at radius 1 is 0.758 bits per heavy atom. The largest absolute Gasteiger partial charge is 0.493 e. The molecule has 164 valence electrons. The van der Waals surface area contributed by atoms with Gasteiger partial charge in [-0.2, -0.15) is 0 Å². The molecule has 33 heavy (non-hydrogen) atoms. The van der Waals surface area contributed by atoms with E-state index in [1.54, 1.807) is 51.1 Å². The summed E-state index contributed by atoms with van der Waals surface area (Å²) in [6, 6.07) is 11.0. The monoisotopic (exact) mass is 440 g/mol. The van der Waals surface area contributed by atoms with Crippen LogP contribution in [0.3, 0.4) is 0 Å². The number of ether oxygens (including phenoxy) is 3. The average molecular weight is 440 g/mol. The predicted octanol–water partition coefficient (Wildman–Crippen LogP) is 4.21. The molecule has 1 aromatic carbocycles. The molecule has 4 heterocycles. The van der Waals surface area contributed by atoms with Crippen molar-refractivity contribution in [1.82, 2.24) is 19.9 Å². The highest BCUT2D eigenvalue weighted by atomic mass is 16.5. The molecule has 0 unspecified atom stereocenters. The first kappa shape index (κ1) is 20.3. The van der Waals surface area contributed by atoms with Crippen LogP contribution in [-0.2, 0) is 0 Å². The van der Waals surface area contributed by atoms with Crippen LogP contribution in [0.1, 0.15) is 0 Å². The van der Waals surface area contributed by atoms with Gasteiger partial charge >= 0.3 is 0 Å². The lowest BCUT2D eigenvalue weighted by Crippen LogP contribution is -1.98. The number of nitrogens with two attached hydrogens (primary N) is 2. The van der Waals surface area contributed by atoms with Gasteiger partial charge in [-0.15, -0.1) is 0 Å². The first-order valence-corrected chi connectivity index (χ1v) is 10.0. The van der Waals surface area contributed by atoms with Gasteiger partial charge in [0.1, 0.15) is 11.6 Å². The second-order valence-electron chi connectivity index (χ2n) is 7.23. The maximum atomic E-state index is 6.31. The van der Waals surface area contributed by atoms with Crippen LogP contribution >= 0.6 is 0 Å². The van der Waals surface area contributed by atoms with E-state index in [2.05, 4.69) is 19.9 Å². The number of rotatable bonds is 5. The summed E-state index contributed by atoms with van der Waals surface area (Å²) >= 11 is 0. The normalized spacial score (nSPS) is 11.0. The predicted molar refractivity (Wildman–Crippen MR) is 127 cm³/mol. The molecular weight excluding hydrogens is 420 g/mol. The second-order valence-corrected chi connectivity index (χ2v) is 7.23. The fraction of sp³-hybridized carbons (Fsp3) is 0.0833. The number of aromatic nitrogens is 4. The molecule has 0 aliphatic carbocycles. The molecule has 5 rings (SSSR count). The highest BCUT2D eigenvalue weighted by Crippen LogP contribution is 2.37. The summed E-state index contributed by atoms with van der Waals surface area (Å²) in [5, 5.41) is 2.48. The van der Waals surface area contributed by atoms with Crippen molar-refractivity contribution in [2.75, 3.05) is 25.7 Å². The summed E-state index contributed by atoms with van der Waals surface area (Å²) in [7, 11) is 3.18. The van der Waals surface area contributed by atoms with Gasteiger partial charge < -0.3 is 25.7 Å². The Balaban J connectivity index is 1.64. The zero-order chi connectivity index (χ0) is 22.9. The van der Waals surface area contributed by atoms with Crippen LogP contribution in [0.25, 0.3) is 32.9 Å². The van der Waals surface area contributed by atoms with E-state index >= 15 is 0 Å². The van der Waals surface area contributed by atoms with Gasteiger partial charge in [-0.25, -0.2) is 9.97 Å². The van der Waals surface area contributed by atoms with Crippen molar-refractivity contribution in [3.8, 4) is 34.3 Å². The Morgan fingerprint density at radius 2 is 1.58 bits per heavy atom. The fourth-order valence-corrected chi connectivity index (χ4v) is 3.64. The van der Waals surface area contributed by atoms with Crippen molar-refractivity contribution in [3.05, 3.63) is 61.2 Å². The zero-order valence-electron chi connectivity index (χ0n) is 17.9. The van der Waals surface area contributed by atoms with E-state index in [-0.39, 0.29) is 0 Å². The van der Waals surface area contributed by atoms with Crippen molar-refractivity contribution >= 4 is 33.3 Å². The van der Waals surface area contributed by atoms with Crippen LogP contribution in [-0.4, -0.2) is 34.2 Å². The first-order chi connectivity index (χ1) is 16.1. The third kappa shape index (κ3) is 3.65. The molecule has 5 aromatic rings. The number of methoxy groups -OCH3 is 2. The summed E-state index contributed by atoms with van der Waals surface area (Å²) in [6.07, 6.45) is 6.60. The smallest absolute Gasteiger partial charge is 0.169 e. The number of hydrogen-bond acceptors (Lipinski definition) is 9. The quantitative estimate of drug-likeness (QED) is 0.386. The highest BCUT2D eigenvalue weighted by Gasteiger charge is 2.14. The Hall–Kier alpha value is -4.66. The van der Waals surface area contributed by atoms with E-state index in [9.17, 15) is 0 Å². The second kappa shape index (κ2) is 8.12. The number of nitrogen functional groups attached to an aromatic ring is 2. The molecule has 4 N–H and O–H groups in total. The summed E-state index contributed by atoms with van der Waals surface area (Å²) < 4.78 is 16.8. The third-order valence-electron chi connectivity index (χ3n) is 5.25. The lowest BCUT2D eigenvalue weighted by molar-refractivity contribution is 0.356. The van der Waals surface area contributed by atoms with E-state index in [1.807, 2.05) is 24.3 Å². The van der Waals surface area contributed by atoms with Crippen molar-refractivity contribution in [2.45, 2.75) is 0 Å². The third-order valence-corrected chi connectivity index (χ3v) is 5.25. The van der Waals surface area contributed by atoms with Crippen LogP contribution in [0.2, 0.25) is 0 Å². The molecule has 0 amide bonds. The van der Waals surface area contributed by atoms with E-state index in [0.29, 0.717) is 40.3 Å². The molecule has 0 atom stereocenters. The summed E-state index contributed by atoms with van der Waals surface area (Å²) in [5.74, 6) is 2.79.